The predicted octanol–water partition coefficient (Wildman–Crippen LogP) is 3.44. The number of methoxy groups -OCH3 is 2. The van der Waals surface area contributed by atoms with Gasteiger partial charge in [0.15, 0.2) is 11.6 Å². The first-order valence-electron chi connectivity index (χ1n) is 7.37. The lowest BCUT2D eigenvalue weighted by Gasteiger charge is -2.11. The molecule has 5 nitrogen and oxygen atoms in total. The number of hydrogen-bond acceptors (Lipinski definition) is 4. The minimum Gasteiger partial charge on any atom is -0.497 e. The number of carbonyl (C=O) groups is 1. The van der Waals surface area contributed by atoms with Crippen LogP contribution in [-0.2, 0) is 17.8 Å². The molecular weight excluding hydrogens is 315 g/mol. The highest BCUT2D eigenvalue weighted by atomic mass is 19.1. The van der Waals surface area contributed by atoms with E-state index in [1.54, 1.807) is 38.5 Å². The Morgan fingerprint density at radius 1 is 1.04 bits per heavy atom. The van der Waals surface area contributed by atoms with Crippen LogP contribution < -0.4 is 14.2 Å². The van der Waals surface area contributed by atoms with Crippen molar-refractivity contribution in [1.82, 2.24) is 0 Å². The van der Waals surface area contributed by atoms with Crippen LogP contribution >= 0.6 is 0 Å². The molecule has 0 aliphatic heterocycles. The van der Waals surface area contributed by atoms with Crippen molar-refractivity contribution in [3.63, 3.8) is 0 Å². The summed E-state index contributed by atoms with van der Waals surface area (Å²) in [6, 6.07) is 9.76. The van der Waals surface area contributed by atoms with Gasteiger partial charge in [0, 0.05) is 12.5 Å². The minimum atomic E-state index is -0.914. The van der Waals surface area contributed by atoms with Gasteiger partial charge in [0.05, 0.1) is 14.2 Å². The van der Waals surface area contributed by atoms with Gasteiger partial charge >= 0.3 is 5.97 Å². The van der Waals surface area contributed by atoms with E-state index in [0.29, 0.717) is 17.1 Å². The molecule has 0 unspecified atom stereocenters. The minimum absolute atomic E-state index is 0.0384. The van der Waals surface area contributed by atoms with E-state index < -0.39 is 11.8 Å². The zero-order valence-corrected chi connectivity index (χ0v) is 13.5. The van der Waals surface area contributed by atoms with E-state index in [-0.39, 0.29) is 25.2 Å². The van der Waals surface area contributed by atoms with E-state index in [2.05, 4.69) is 0 Å². The lowest BCUT2D eigenvalue weighted by Crippen LogP contribution is -2.01. The van der Waals surface area contributed by atoms with Gasteiger partial charge in [-0.15, -0.1) is 0 Å². The number of aliphatic carboxylic acids is 1. The Kier molecular flexibility index (Phi) is 6.01. The Bertz CT molecular complexity index is 692. The molecule has 24 heavy (non-hydrogen) atoms. The highest BCUT2D eigenvalue weighted by Crippen LogP contribution is 2.25. The lowest BCUT2D eigenvalue weighted by atomic mass is 10.1. The molecule has 0 fully saturated rings. The van der Waals surface area contributed by atoms with Gasteiger partial charge in [-0.25, -0.2) is 4.39 Å². The summed E-state index contributed by atoms with van der Waals surface area (Å²) >= 11 is 0. The monoisotopic (exact) mass is 334 g/mol. The van der Waals surface area contributed by atoms with Gasteiger partial charge in [0.25, 0.3) is 0 Å². The fourth-order valence-electron chi connectivity index (χ4n) is 2.18. The van der Waals surface area contributed by atoms with E-state index in [1.807, 2.05) is 0 Å². The first kappa shape index (κ1) is 17.6. The summed E-state index contributed by atoms with van der Waals surface area (Å²) in [6.07, 6.45) is 0.239. The molecule has 0 spiro atoms. The number of rotatable bonds is 8. The molecule has 0 saturated carbocycles. The van der Waals surface area contributed by atoms with Crippen LogP contribution in [0.15, 0.2) is 36.4 Å². The number of aryl methyl sites for hydroxylation is 1. The Hall–Kier alpha value is -2.76. The van der Waals surface area contributed by atoms with Crippen molar-refractivity contribution in [2.45, 2.75) is 19.4 Å². The molecule has 1 N–H and O–H groups in total. The molecule has 0 aliphatic carbocycles. The topological polar surface area (TPSA) is 65.0 Å². The molecule has 2 aromatic rings. The summed E-state index contributed by atoms with van der Waals surface area (Å²) in [6.45, 7) is 0.152. The van der Waals surface area contributed by atoms with Crippen molar-refractivity contribution in [2.75, 3.05) is 14.2 Å². The van der Waals surface area contributed by atoms with Crippen LogP contribution in [0, 0.1) is 5.82 Å². The maximum atomic E-state index is 14.0. The largest absolute Gasteiger partial charge is 0.497 e. The summed E-state index contributed by atoms with van der Waals surface area (Å²) in [7, 11) is 3.10. The summed E-state index contributed by atoms with van der Waals surface area (Å²) in [4.78, 5) is 10.5. The fraction of sp³-hybridized carbons (Fsp3) is 0.278. The average Bonchev–Trinajstić information content (AvgIpc) is 2.58. The molecule has 0 bridgehead atoms. The van der Waals surface area contributed by atoms with Gasteiger partial charge < -0.3 is 19.3 Å². The first-order chi connectivity index (χ1) is 11.5. The van der Waals surface area contributed by atoms with Gasteiger partial charge in [-0.1, -0.05) is 6.07 Å². The smallest absolute Gasteiger partial charge is 0.303 e. The van der Waals surface area contributed by atoms with Crippen molar-refractivity contribution >= 4 is 5.97 Å². The zero-order valence-electron chi connectivity index (χ0n) is 13.5. The molecule has 128 valence electrons. The number of ether oxygens (including phenoxy) is 3. The summed E-state index contributed by atoms with van der Waals surface area (Å²) in [5, 5.41) is 8.66. The van der Waals surface area contributed by atoms with Gasteiger partial charge in [-0.2, -0.15) is 0 Å². The quantitative estimate of drug-likeness (QED) is 0.801. The number of halogens is 1. The van der Waals surface area contributed by atoms with Crippen LogP contribution in [0.1, 0.15) is 17.5 Å². The summed E-state index contributed by atoms with van der Waals surface area (Å²) in [5.74, 6) is -0.0822. The maximum Gasteiger partial charge on any atom is 0.303 e. The summed E-state index contributed by atoms with van der Waals surface area (Å²) in [5.41, 5.74) is 1.39. The second-order valence-corrected chi connectivity index (χ2v) is 5.17. The van der Waals surface area contributed by atoms with E-state index in [0.717, 1.165) is 5.56 Å². The second-order valence-electron chi connectivity index (χ2n) is 5.17. The summed E-state index contributed by atoms with van der Waals surface area (Å²) < 4.78 is 29.9. The SMILES string of the molecule is COc1cc(COc2ccc(CCC(=O)O)cc2F)cc(OC)c1. The van der Waals surface area contributed by atoms with Gasteiger partial charge in [0.2, 0.25) is 0 Å². The Morgan fingerprint density at radius 3 is 2.25 bits per heavy atom. The standard InChI is InChI=1S/C18H19FO5/c1-22-14-7-13(8-15(10-14)23-2)11-24-17-5-3-12(9-16(17)19)4-6-18(20)21/h3,5,7-10H,4,6,11H2,1-2H3,(H,20,21). The highest BCUT2D eigenvalue weighted by Gasteiger charge is 2.08. The van der Waals surface area contributed by atoms with Crippen LogP contribution in [0.3, 0.4) is 0 Å². The molecule has 0 saturated heterocycles. The van der Waals surface area contributed by atoms with Crippen molar-refractivity contribution in [3.05, 3.63) is 53.3 Å². The Balaban J connectivity index is 2.05. The number of benzene rings is 2. The molecule has 0 amide bonds. The van der Waals surface area contributed by atoms with E-state index >= 15 is 0 Å². The van der Waals surface area contributed by atoms with E-state index in [1.165, 1.54) is 12.1 Å². The predicted molar refractivity (Wildman–Crippen MR) is 86.2 cm³/mol. The van der Waals surface area contributed by atoms with Crippen LogP contribution in [0.2, 0.25) is 0 Å². The van der Waals surface area contributed by atoms with Crippen LogP contribution in [0.5, 0.6) is 17.2 Å². The third kappa shape index (κ3) is 4.87. The molecule has 0 heterocycles. The first-order valence-corrected chi connectivity index (χ1v) is 7.37. The Labute approximate surface area is 139 Å². The third-order valence-electron chi connectivity index (χ3n) is 3.43. The maximum absolute atomic E-state index is 14.0. The average molecular weight is 334 g/mol. The molecule has 6 heteroatoms. The molecule has 0 atom stereocenters. The molecule has 2 aromatic carbocycles. The molecule has 0 aliphatic rings. The number of carboxylic acids is 1. The van der Waals surface area contributed by atoms with Crippen molar-refractivity contribution in [1.29, 1.82) is 0 Å². The van der Waals surface area contributed by atoms with Crippen molar-refractivity contribution < 1.29 is 28.5 Å². The second kappa shape index (κ2) is 8.19. The molecule has 0 aromatic heterocycles. The van der Waals surface area contributed by atoms with Crippen LogP contribution in [0.4, 0.5) is 4.39 Å². The molecule has 0 radical (unpaired) electrons. The molecule has 2 rings (SSSR count). The molecular formula is C18H19FO5. The number of carboxylic acid groups (broad SMARTS) is 1. The third-order valence-corrected chi connectivity index (χ3v) is 3.43. The van der Waals surface area contributed by atoms with Crippen molar-refractivity contribution in [2.24, 2.45) is 0 Å². The zero-order chi connectivity index (χ0) is 17.5. The van der Waals surface area contributed by atoms with Gasteiger partial charge in [-0.3, -0.25) is 4.79 Å². The number of hydrogen-bond donors (Lipinski definition) is 1. The highest BCUT2D eigenvalue weighted by molar-refractivity contribution is 5.67. The fourth-order valence-corrected chi connectivity index (χ4v) is 2.18. The van der Waals surface area contributed by atoms with Crippen LogP contribution in [-0.4, -0.2) is 25.3 Å². The van der Waals surface area contributed by atoms with E-state index in [4.69, 9.17) is 19.3 Å². The van der Waals surface area contributed by atoms with Gasteiger partial charge in [0.1, 0.15) is 18.1 Å². The normalized spacial score (nSPS) is 10.3. The van der Waals surface area contributed by atoms with Gasteiger partial charge in [-0.05, 0) is 41.8 Å². The van der Waals surface area contributed by atoms with E-state index in [9.17, 15) is 9.18 Å². The van der Waals surface area contributed by atoms with Crippen molar-refractivity contribution in [3.8, 4) is 17.2 Å². The lowest BCUT2D eigenvalue weighted by molar-refractivity contribution is -0.136. The Morgan fingerprint density at radius 2 is 1.71 bits per heavy atom. The van der Waals surface area contributed by atoms with Crippen LogP contribution in [0.25, 0.3) is 0 Å².